The van der Waals surface area contributed by atoms with Gasteiger partial charge in [0.2, 0.25) is 0 Å². The zero-order valence-electron chi connectivity index (χ0n) is 16.0. The van der Waals surface area contributed by atoms with Crippen LogP contribution >= 0.6 is 0 Å². The number of hydrogen-bond acceptors (Lipinski definition) is 4. The summed E-state index contributed by atoms with van der Waals surface area (Å²) in [7, 11) is 1.83. The first kappa shape index (κ1) is 18.7. The van der Waals surface area contributed by atoms with Crippen LogP contribution in [0.5, 0.6) is 0 Å². The van der Waals surface area contributed by atoms with Crippen molar-refractivity contribution in [2.24, 2.45) is 7.05 Å². The van der Waals surface area contributed by atoms with E-state index in [2.05, 4.69) is 34.1 Å². The number of aliphatic hydroxyl groups is 1. The second-order valence-corrected chi connectivity index (χ2v) is 7.23. The van der Waals surface area contributed by atoms with Crippen LogP contribution in [0.25, 0.3) is 0 Å². The predicted molar refractivity (Wildman–Crippen MR) is 108 cm³/mol. The fourth-order valence-corrected chi connectivity index (χ4v) is 3.84. The monoisotopic (exact) mass is 380 g/mol. The van der Waals surface area contributed by atoms with Crippen molar-refractivity contribution >= 4 is 5.69 Å². The molecule has 1 N–H and O–H groups in total. The van der Waals surface area contributed by atoms with Crippen molar-refractivity contribution in [3.63, 3.8) is 0 Å². The van der Waals surface area contributed by atoms with E-state index in [1.807, 2.05) is 18.0 Å². The maximum atomic E-state index is 14.8. The van der Waals surface area contributed by atoms with E-state index in [0.717, 1.165) is 19.6 Å². The van der Waals surface area contributed by atoms with Crippen molar-refractivity contribution in [3.05, 3.63) is 83.7 Å². The number of aliphatic hydroxyl groups excluding tert-OH is 1. The molecule has 3 aromatic rings. The highest BCUT2D eigenvalue weighted by atomic mass is 19.1. The number of aryl methyl sites for hydroxylation is 1. The minimum absolute atomic E-state index is 0.303. The van der Waals surface area contributed by atoms with E-state index in [9.17, 15) is 9.50 Å². The summed E-state index contributed by atoms with van der Waals surface area (Å²) in [6.45, 7) is 4.03. The fraction of sp³-hybridized carbons (Fsp3) is 0.318. The Balaban J connectivity index is 1.51. The molecule has 1 aliphatic rings. The van der Waals surface area contributed by atoms with E-state index < -0.39 is 6.10 Å². The summed E-state index contributed by atoms with van der Waals surface area (Å²) >= 11 is 0. The molecule has 1 aromatic heterocycles. The van der Waals surface area contributed by atoms with Crippen molar-refractivity contribution in [2.75, 3.05) is 31.1 Å². The van der Waals surface area contributed by atoms with E-state index in [1.165, 1.54) is 11.6 Å². The highest BCUT2D eigenvalue weighted by molar-refractivity contribution is 5.57. The molecular formula is C22H25FN4O. The van der Waals surface area contributed by atoms with Crippen LogP contribution in [0.2, 0.25) is 0 Å². The molecule has 6 heteroatoms. The minimum Gasteiger partial charge on any atom is -0.380 e. The molecule has 1 saturated heterocycles. The molecule has 0 spiro atoms. The molecule has 0 saturated carbocycles. The molecule has 0 bridgehead atoms. The number of anilines is 1. The molecular weight excluding hydrogens is 355 g/mol. The van der Waals surface area contributed by atoms with Crippen LogP contribution in [0.1, 0.15) is 23.1 Å². The zero-order chi connectivity index (χ0) is 19.5. The van der Waals surface area contributed by atoms with Crippen molar-refractivity contribution in [1.29, 1.82) is 0 Å². The van der Waals surface area contributed by atoms with Crippen molar-refractivity contribution in [2.45, 2.75) is 12.6 Å². The van der Waals surface area contributed by atoms with E-state index in [-0.39, 0.29) is 5.82 Å². The zero-order valence-corrected chi connectivity index (χ0v) is 16.0. The highest BCUT2D eigenvalue weighted by Crippen LogP contribution is 2.33. The summed E-state index contributed by atoms with van der Waals surface area (Å²) in [5.41, 5.74) is 2.33. The molecule has 146 valence electrons. The van der Waals surface area contributed by atoms with Gasteiger partial charge >= 0.3 is 0 Å². The number of aromatic nitrogens is 2. The number of imidazole rings is 1. The van der Waals surface area contributed by atoms with Gasteiger partial charge in [-0.25, -0.2) is 9.37 Å². The van der Waals surface area contributed by atoms with Gasteiger partial charge in [-0.3, -0.25) is 4.90 Å². The largest absolute Gasteiger partial charge is 0.380 e. The van der Waals surface area contributed by atoms with E-state index in [1.54, 1.807) is 29.1 Å². The Hall–Kier alpha value is -2.70. The minimum atomic E-state index is -0.965. The second kappa shape index (κ2) is 8.12. The average molecular weight is 380 g/mol. The molecule has 28 heavy (non-hydrogen) atoms. The normalized spacial score (nSPS) is 16.3. The van der Waals surface area contributed by atoms with Gasteiger partial charge in [-0.1, -0.05) is 42.5 Å². The lowest BCUT2D eigenvalue weighted by atomic mass is 10.0. The number of benzene rings is 2. The molecule has 0 aliphatic carbocycles. The number of para-hydroxylation sites is 1. The Bertz CT molecular complexity index is 919. The summed E-state index contributed by atoms with van der Waals surface area (Å²) in [4.78, 5) is 8.65. The second-order valence-electron chi connectivity index (χ2n) is 7.23. The van der Waals surface area contributed by atoms with Gasteiger partial charge in [0, 0.05) is 57.7 Å². The summed E-state index contributed by atoms with van der Waals surface area (Å²) in [5, 5.41) is 10.9. The third kappa shape index (κ3) is 3.79. The maximum absolute atomic E-state index is 14.8. The van der Waals surface area contributed by atoms with Crippen LogP contribution in [0, 0.1) is 5.82 Å². The Morgan fingerprint density at radius 1 is 1.04 bits per heavy atom. The molecule has 0 radical (unpaired) electrons. The van der Waals surface area contributed by atoms with E-state index >= 15 is 0 Å². The Morgan fingerprint density at radius 2 is 1.79 bits per heavy atom. The van der Waals surface area contributed by atoms with E-state index in [4.69, 9.17) is 0 Å². The van der Waals surface area contributed by atoms with E-state index in [0.29, 0.717) is 30.2 Å². The Labute approximate surface area is 164 Å². The number of nitrogens with zero attached hydrogens (tertiary/aromatic N) is 4. The van der Waals surface area contributed by atoms with Crippen LogP contribution in [-0.2, 0) is 13.6 Å². The Kier molecular flexibility index (Phi) is 5.41. The first-order valence-electron chi connectivity index (χ1n) is 9.58. The first-order chi connectivity index (χ1) is 13.6. The van der Waals surface area contributed by atoms with Gasteiger partial charge in [0.25, 0.3) is 0 Å². The molecule has 1 fully saturated rings. The van der Waals surface area contributed by atoms with Crippen LogP contribution < -0.4 is 4.90 Å². The van der Waals surface area contributed by atoms with Crippen LogP contribution in [0.15, 0.2) is 60.9 Å². The third-order valence-electron chi connectivity index (χ3n) is 5.35. The Morgan fingerprint density at radius 3 is 2.46 bits per heavy atom. The smallest absolute Gasteiger partial charge is 0.146 e. The molecule has 4 rings (SSSR count). The number of rotatable bonds is 5. The predicted octanol–water partition coefficient (Wildman–Crippen LogP) is 2.96. The summed E-state index contributed by atoms with van der Waals surface area (Å²) in [6, 6.07) is 15.3. The van der Waals surface area contributed by atoms with Gasteiger partial charge in [-0.2, -0.15) is 0 Å². The maximum Gasteiger partial charge on any atom is 0.146 e. The van der Waals surface area contributed by atoms with Crippen molar-refractivity contribution in [1.82, 2.24) is 14.5 Å². The van der Waals surface area contributed by atoms with Gasteiger partial charge in [-0.15, -0.1) is 0 Å². The quantitative estimate of drug-likeness (QED) is 0.739. The van der Waals surface area contributed by atoms with Crippen molar-refractivity contribution < 1.29 is 9.50 Å². The fourth-order valence-electron chi connectivity index (χ4n) is 3.84. The molecule has 0 amide bonds. The van der Waals surface area contributed by atoms with Crippen LogP contribution in [-0.4, -0.2) is 45.7 Å². The van der Waals surface area contributed by atoms with Gasteiger partial charge in [-0.05, 0) is 11.6 Å². The number of piperazine rings is 1. The topological polar surface area (TPSA) is 44.5 Å². The molecule has 1 aliphatic heterocycles. The lowest BCUT2D eigenvalue weighted by molar-refractivity contribution is 0.205. The summed E-state index contributed by atoms with van der Waals surface area (Å²) in [5.74, 6) is 0.205. The lowest BCUT2D eigenvalue weighted by Gasteiger charge is -2.37. The number of hydrogen-bond donors (Lipinski definition) is 1. The van der Waals surface area contributed by atoms with Crippen LogP contribution in [0.3, 0.4) is 0 Å². The molecule has 2 heterocycles. The third-order valence-corrected chi connectivity index (χ3v) is 5.35. The summed E-state index contributed by atoms with van der Waals surface area (Å²) in [6.07, 6.45) is 2.45. The SMILES string of the molecule is Cn1ccnc1C(O)c1cccc(F)c1N1CCN(Cc2ccccc2)CC1. The van der Waals surface area contributed by atoms with Gasteiger partial charge in [0.15, 0.2) is 0 Å². The first-order valence-corrected chi connectivity index (χ1v) is 9.58. The molecule has 5 nitrogen and oxygen atoms in total. The summed E-state index contributed by atoms with van der Waals surface area (Å²) < 4.78 is 16.5. The van der Waals surface area contributed by atoms with Crippen molar-refractivity contribution in [3.8, 4) is 0 Å². The highest BCUT2D eigenvalue weighted by Gasteiger charge is 2.26. The number of halogens is 1. The van der Waals surface area contributed by atoms with Gasteiger partial charge in [0.1, 0.15) is 17.7 Å². The van der Waals surface area contributed by atoms with Gasteiger partial charge < -0.3 is 14.6 Å². The standard InChI is InChI=1S/C22H25FN4O/c1-25-11-10-24-22(25)21(28)18-8-5-9-19(23)20(18)27-14-12-26(13-15-27)16-17-6-3-2-4-7-17/h2-11,21,28H,12-16H2,1H3. The molecule has 1 atom stereocenters. The average Bonchev–Trinajstić information content (AvgIpc) is 3.15. The molecule has 1 unspecified atom stereocenters. The van der Waals surface area contributed by atoms with Crippen LogP contribution in [0.4, 0.5) is 10.1 Å². The lowest BCUT2D eigenvalue weighted by Crippen LogP contribution is -2.46. The van der Waals surface area contributed by atoms with Gasteiger partial charge in [0.05, 0.1) is 5.69 Å². The molecule has 2 aromatic carbocycles.